The van der Waals surface area contributed by atoms with Gasteiger partial charge in [0.1, 0.15) is 30.1 Å². The second kappa shape index (κ2) is 10.6. The van der Waals surface area contributed by atoms with Crippen molar-refractivity contribution < 1.29 is 43.5 Å². The van der Waals surface area contributed by atoms with Crippen molar-refractivity contribution >= 4 is 28.8 Å². The summed E-state index contributed by atoms with van der Waals surface area (Å²) in [6.45, 7) is 4.74. The SMILES string of the molecule is CC(C)(C)CC(=O)Nc1c(F)cc(C(=O)N=c2sccn2[C@@H]2O[C@H](CO)[C@@H](O)[C@H](O)[C@H]2O)cc1F. The molecule has 1 aromatic carbocycles. The number of nitrogens with zero attached hydrogens (tertiary/aromatic N) is 2. The molecular formula is C22H27F2N3O7S. The molecule has 1 aliphatic rings. The summed E-state index contributed by atoms with van der Waals surface area (Å²) in [5, 5.41) is 43.3. The van der Waals surface area contributed by atoms with E-state index in [-0.39, 0.29) is 11.2 Å². The van der Waals surface area contributed by atoms with Crippen LogP contribution in [0.3, 0.4) is 0 Å². The molecule has 1 aliphatic heterocycles. The van der Waals surface area contributed by atoms with E-state index in [9.17, 15) is 38.8 Å². The minimum atomic E-state index is -1.65. The van der Waals surface area contributed by atoms with Gasteiger partial charge in [0.05, 0.1) is 6.61 Å². The number of aliphatic hydroxyl groups is 4. The minimum absolute atomic E-state index is 0.0260. The Labute approximate surface area is 203 Å². The maximum absolute atomic E-state index is 14.5. The molecule has 192 valence electrons. The molecule has 0 saturated carbocycles. The fraction of sp³-hybridized carbons (Fsp3) is 0.500. The second-order valence-corrected chi connectivity index (χ2v) is 10.2. The summed E-state index contributed by atoms with van der Waals surface area (Å²) in [7, 11) is 0. The maximum Gasteiger partial charge on any atom is 0.279 e. The van der Waals surface area contributed by atoms with Crippen LogP contribution in [-0.2, 0) is 9.53 Å². The number of halogens is 2. The number of hydrogen-bond donors (Lipinski definition) is 5. The van der Waals surface area contributed by atoms with Crippen molar-refractivity contribution in [2.45, 2.75) is 57.8 Å². The monoisotopic (exact) mass is 515 g/mol. The average molecular weight is 516 g/mol. The Hall–Kier alpha value is -2.55. The number of rotatable bonds is 5. The van der Waals surface area contributed by atoms with E-state index < -0.39 is 77.4 Å². The molecule has 2 amide bonds. The van der Waals surface area contributed by atoms with Crippen LogP contribution in [0.1, 0.15) is 43.8 Å². The lowest BCUT2D eigenvalue weighted by molar-refractivity contribution is -0.251. The molecule has 0 spiro atoms. The quantitative estimate of drug-likeness (QED) is 0.397. The number of carbonyl (C=O) groups excluding carboxylic acids is 2. The third-order valence-electron chi connectivity index (χ3n) is 5.20. The van der Waals surface area contributed by atoms with Crippen LogP contribution in [0.5, 0.6) is 0 Å². The van der Waals surface area contributed by atoms with E-state index in [1.165, 1.54) is 16.1 Å². The lowest BCUT2D eigenvalue weighted by Crippen LogP contribution is -2.57. The molecule has 0 unspecified atom stereocenters. The molecule has 0 aliphatic carbocycles. The number of anilines is 1. The number of carbonyl (C=O) groups is 2. The van der Waals surface area contributed by atoms with Crippen LogP contribution in [0.25, 0.3) is 0 Å². The first-order valence-corrected chi connectivity index (χ1v) is 11.5. The highest BCUT2D eigenvalue weighted by Gasteiger charge is 2.44. The van der Waals surface area contributed by atoms with Gasteiger partial charge >= 0.3 is 0 Å². The predicted octanol–water partition coefficient (Wildman–Crippen LogP) is 0.916. The molecule has 10 nitrogen and oxygen atoms in total. The molecule has 35 heavy (non-hydrogen) atoms. The molecule has 1 fully saturated rings. The lowest BCUT2D eigenvalue weighted by Gasteiger charge is -2.40. The number of ether oxygens (including phenoxy) is 1. The molecule has 2 heterocycles. The first-order valence-electron chi connectivity index (χ1n) is 10.7. The molecule has 0 radical (unpaired) electrons. The normalized spacial score (nSPS) is 25.5. The van der Waals surface area contributed by atoms with Gasteiger partial charge in [0.2, 0.25) is 5.91 Å². The summed E-state index contributed by atoms with van der Waals surface area (Å²) in [5.74, 6) is -3.91. The van der Waals surface area contributed by atoms with Gasteiger partial charge in [-0.05, 0) is 17.5 Å². The predicted molar refractivity (Wildman–Crippen MR) is 120 cm³/mol. The van der Waals surface area contributed by atoms with E-state index in [0.717, 1.165) is 23.5 Å². The highest BCUT2D eigenvalue weighted by molar-refractivity contribution is 7.07. The van der Waals surface area contributed by atoms with Gasteiger partial charge in [0.15, 0.2) is 22.7 Å². The lowest BCUT2D eigenvalue weighted by atomic mass is 9.92. The van der Waals surface area contributed by atoms with E-state index in [2.05, 4.69) is 10.3 Å². The Morgan fingerprint density at radius 2 is 1.77 bits per heavy atom. The number of thiazole rings is 1. The van der Waals surface area contributed by atoms with Crippen molar-refractivity contribution in [1.29, 1.82) is 0 Å². The standard InChI is InChI=1S/C22H27F2N3O7S/c1-22(2,3)8-14(29)25-15-11(23)6-10(7-12(15)24)19(33)26-21-27(4-5-35-21)20-18(32)17(31)16(30)13(9-28)34-20/h4-7,13,16-18,20,28,30-32H,8-9H2,1-3H3,(H,25,29)/t13-,16-,17+,18-,20-/m1/s1. The number of benzene rings is 1. The Morgan fingerprint density at radius 3 is 2.34 bits per heavy atom. The summed E-state index contributed by atoms with van der Waals surface area (Å²) in [6.07, 6.45) is -5.92. The molecule has 5 atom stereocenters. The number of nitrogens with one attached hydrogen (secondary N) is 1. The van der Waals surface area contributed by atoms with Gasteiger partial charge in [-0.2, -0.15) is 4.99 Å². The van der Waals surface area contributed by atoms with Crippen molar-refractivity contribution in [2.24, 2.45) is 10.4 Å². The third kappa shape index (κ3) is 6.18. The number of aromatic nitrogens is 1. The van der Waals surface area contributed by atoms with Crippen LogP contribution < -0.4 is 10.1 Å². The first-order chi connectivity index (χ1) is 16.3. The van der Waals surface area contributed by atoms with E-state index in [0.29, 0.717) is 0 Å². The molecule has 3 rings (SSSR count). The van der Waals surface area contributed by atoms with Gasteiger partial charge < -0.3 is 30.5 Å². The second-order valence-electron chi connectivity index (χ2n) is 9.33. The van der Waals surface area contributed by atoms with Crippen molar-refractivity contribution in [3.8, 4) is 0 Å². The van der Waals surface area contributed by atoms with E-state index in [4.69, 9.17) is 4.74 Å². The van der Waals surface area contributed by atoms with Crippen molar-refractivity contribution in [3.05, 3.63) is 45.7 Å². The highest BCUT2D eigenvalue weighted by Crippen LogP contribution is 2.28. The van der Waals surface area contributed by atoms with Crippen molar-refractivity contribution in [2.75, 3.05) is 11.9 Å². The first kappa shape index (κ1) is 27.0. The van der Waals surface area contributed by atoms with Crippen LogP contribution in [-0.4, -0.2) is 67.8 Å². The van der Waals surface area contributed by atoms with E-state index in [1.807, 2.05) is 0 Å². The Morgan fingerprint density at radius 1 is 1.14 bits per heavy atom. The number of amides is 2. The number of aliphatic hydroxyl groups excluding tert-OH is 4. The zero-order valence-electron chi connectivity index (χ0n) is 19.2. The van der Waals surface area contributed by atoms with Crippen LogP contribution in [0.15, 0.2) is 28.7 Å². The summed E-state index contributed by atoms with van der Waals surface area (Å²) in [5.41, 5.74) is -1.51. The highest BCUT2D eigenvalue weighted by atomic mass is 32.1. The van der Waals surface area contributed by atoms with Gasteiger partial charge in [0.25, 0.3) is 5.91 Å². The van der Waals surface area contributed by atoms with Crippen molar-refractivity contribution in [3.63, 3.8) is 0 Å². The molecular weight excluding hydrogens is 488 g/mol. The van der Waals surface area contributed by atoms with Crippen LogP contribution in [0.2, 0.25) is 0 Å². The fourth-order valence-electron chi connectivity index (χ4n) is 3.50. The summed E-state index contributed by atoms with van der Waals surface area (Å²) >= 11 is 0.937. The smallest absolute Gasteiger partial charge is 0.279 e. The van der Waals surface area contributed by atoms with Crippen LogP contribution in [0, 0.1) is 17.0 Å². The molecule has 5 N–H and O–H groups in total. The molecule has 0 bridgehead atoms. The van der Waals surface area contributed by atoms with Crippen LogP contribution in [0.4, 0.5) is 14.5 Å². The Kier molecular flexibility index (Phi) is 8.19. The summed E-state index contributed by atoms with van der Waals surface area (Å²) in [4.78, 5) is 28.5. The van der Waals surface area contributed by atoms with Gasteiger partial charge in [-0.25, -0.2) is 8.78 Å². The van der Waals surface area contributed by atoms with Gasteiger partial charge in [-0.3, -0.25) is 14.2 Å². The number of hydrogen-bond acceptors (Lipinski definition) is 8. The molecule has 2 aromatic rings. The fourth-order valence-corrected chi connectivity index (χ4v) is 4.24. The maximum atomic E-state index is 14.5. The zero-order valence-corrected chi connectivity index (χ0v) is 20.0. The summed E-state index contributed by atoms with van der Waals surface area (Å²) in [6, 6.07) is 1.49. The average Bonchev–Trinajstić information content (AvgIpc) is 3.21. The Bertz CT molecular complexity index is 1140. The summed E-state index contributed by atoms with van der Waals surface area (Å²) < 4.78 is 35.7. The zero-order chi connectivity index (χ0) is 26.1. The topological polar surface area (TPSA) is 154 Å². The van der Waals surface area contributed by atoms with Gasteiger partial charge in [0, 0.05) is 23.6 Å². The molecule has 1 saturated heterocycles. The largest absolute Gasteiger partial charge is 0.394 e. The van der Waals surface area contributed by atoms with Crippen molar-refractivity contribution in [1.82, 2.24) is 4.57 Å². The minimum Gasteiger partial charge on any atom is -0.394 e. The van der Waals surface area contributed by atoms with E-state index >= 15 is 0 Å². The van der Waals surface area contributed by atoms with Gasteiger partial charge in [-0.1, -0.05) is 20.8 Å². The Balaban J connectivity index is 1.87. The molecule has 1 aromatic heterocycles. The van der Waals surface area contributed by atoms with Gasteiger partial charge in [-0.15, -0.1) is 11.3 Å². The third-order valence-corrected chi connectivity index (χ3v) is 5.97. The molecule has 13 heteroatoms. The van der Waals surface area contributed by atoms with E-state index in [1.54, 1.807) is 20.8 Å². The van der Waals surface area contributed by atoms with Crippen LogP contribution >= 0.6 is 11.3 Å².